The summed E-state index contributed by atoms with van der Waals surface area (Å²) < 4.78 is 5.19. The van der Waals surface area contributed by atoms with Gasteiger partial charge < -0.3 is 9.32 Å². The van der Waals surface area contributed by atoms with Crippen LogP contribution in [0, 0.1) is 12.8 Å². The predicted octanol–water partition coefficient (Wildman–Crippen LogP) is 1.47. The first-order chi connectivity index (χ1) is 6.66. The number of aromatic nitrogens is 1. The highest BCUT2D eigenvalue weighted by atomic mass is 16.4. The number of amides is 1. The lowest BCUT2D eigenvalue weighted by Crippen LogP contribution is -2.28. The molecule has 1 amide bonds. The molecule has 14 heavy (non-hydrogen) atoms. The molecule has 1 fully saturated rings. The maximum Gasteiger partial charge on any atom is 0.309 e. The third-order valence-electron chi connectivity index (χ3n) is 2.52. The molecule has 1 aliphatic rings. The molecule has 0 saturated carbocycles. The van der Waals surface area contributed by atoms with Gasteiger partial charge in [-0.05, 0) is 19.3 Å². The Kier molecular flexibility index (Phi) is 2.27. The first-order valence-electron chi connectivity index (χ1n) is 4.88. The zero-order valence-electron chi connectivity index (χ0n) is 8.49. The molecule has 0 aliphatic carbocycles. The Balaban J connectivity index is 2.09. The number of aryl methyl sites for hydroxylation is 1. The standard InChI is InChI=1S/C10H14N2O2/c1-7-3-4-12(6-7)10(13)9-11-5-8(2)14-9/h5,7H,3-4,6H2,1-2H3. The highest BCUT2D eigenvalue weighted by Crippen LogP contribution is 2.17. The van der Waals surface area contributed by atoms with Gasteiger partial charge in [-0.1, -0.05) is 6.92 Å². The van der Waals surface area contributed by atoms with E-state index in [9.17, 15) is 4.79 Å². The van der Waals surface area contributed by atoms with Crippen molar-refractivity contribution in [2.75, 3.05) is 13.1 Å². The van der Waals surface area contributed by atoms with Gasteiger partial charge in [0.05, 0.1) is 6.20 Å². The number of oxazole rings is 1. The Morgan fingerprint density at radius 3 is 3.00 bits per heavy atom. The van der Waals surface area contributed by atoms with Crippen molar-refractivity contribution >= 4 is 5.91 Å². The maximum atomic E-state index is 11.8. The first kappa shape index (κ1) is 9.24. The van der Waals surface area contributed by atoms with Crippen molar-refractivity contribution in [2.24, 2.45) is 5.92 Å². The SMILES string of the molecule is Cc1cnc(C(=O)N2CCC(C)C2)o1. The van der Waals surface area contributed by atoms with Crippen LogP contribution in [0.25, 0.3) is 0 Å². The molecule has 2 rings (SSSR count). The number of carbonyl (C=O) groups is 1. The van der Waals surface area contributed by atoms with Crippen molar-refractivity contribution in [3.05, 3.63) is 17.8 Å². The van der Waals surface area contributed by atoms with Crippen LogP contribution >= 0.6 is 0 Å². The maximum absolute atomic E-state index is 11.8. The van der Waals surface area contributed by atoms with Gasteiger partial charge in [-0.25, -0.2) is 4.98 Å². The van der Waals surface area contributed by atoms with Gasteiger partial charge >= 0.3 is 5.91 Å². The van der Waals surface area contributed by atoms with Gasteiger partial charge in [-0.15, -0.1) is 0 Å². The molecule has 0 bridgehead atoms. The Morgan fingerprint density at radius 2 is 2.50 bits per heavy atom. The molecule has 4 heteroatoms. The molecular weight excluding hydrogens is 180 g/mol. The number of nitrogens with zero attached hydrogens (tertiary/aromatic N) is 2. The number of rotatable bonds is 1. The molecule has 1 aromatic rings. The van der Waals surface area contributed by atoms with Gasteiger partial charge in [-0.2, -0.15) is 0 Å². The van der Waals surface area contributed by atoms with E-state index in [4.69, 9.17) is 4.42 Å². The van der Waals surface area contributed by atoms with Crippen molar-refractivity contribution in [3.8, 4) is 0 Å². The Labute approximate surface area is 82.9 Å². The summed E-state index contributed by atoms with van der Waals surface area (Å²) in [7, 11) is 0. The van der Waals surface area contributed by atoms with E-state index in [1.165, 1.54) is 0 Å². The minimum Gasteiger partial charge on any atom is -0.438 e. The van der Waals surface area contributed by atoms with Gasteiger partial charge in [0.2, 0.25) is 0 Å². The minimum atomic E-state index is -0.0811. The van der Waals surface area contributed by atoms with Gasteiger partial charge in [0.1, 0.15) is 5.76 Å². The van der Waals surface area contributed by atoms with E-state index in [1.54, 1.807) is 18.0 Å². The molecule has 2 heterocycles. The number of likely N-dealkylation sites (tertiary alicyclic amines) is 1. The van der Waals surface area contributed by atoms with E-state index >= 15 is 0 Å². The summed E-state index contributed by atoms with van der Waals surface area (Å²) >= 11 is 0. The molecule has 76 valence electrons. The molecule has 1 unspecified atom stereocenters. The van der Waals surface area contributed by atoms with Crippen LogP contribution < -0.4 is 0 Å². The van der Waals surface area contributed by atoms with Crippen molar-refractivity contribution < 1.29 is 9.21 Å². The lowest BCUT2D eigenvalue weighted by atomic mass is 10.2. The third-order valence-corrected chi connectivity index (χ3v) is 2.52. The van der Waals surface area contributed by atoms with Crippen molar-refractivity contribution in [3.63, 3.8) is 0 Å². The molecule has 0 spiro atoms. The summed E-state index contributed by atoms with van der Waals surface area (Å²) in [6.45, 7) is 5.58. The van der Waals surface area contributed by atoms with Crippen LogP contribution in [-0.2, 0) is 0 Å². The van der Waals surface area contributed by atoms with Crippen LogP contribution in [-0.4, -0.2) is 28.9 Å². The molecule has 1 aliphatic heterocycles. The Morgan fingerprint density at radius 1 is 1.71 bits per heavy atom. The second kappa shape index (κ2) is 3.44. The monoisotopic (exact) mass is 194 g/mol. The highest BCUT2D eigenvalue weighted by molar-refractivity contribution is 5.89. The number of hydrogen-bond acceptors (Lipinski definition) is 3. The summed E-state index contributed by atoms with van der Waals surface area (Å²) in [6.07, 6.45) is 2.65. The van der Waals surface area contributed by atoms with Gasteiger partial charge in [-0.3, -0.25) is 4.79 Å². The van der Waals surface area contributed by atoms with Gasteiger partial charge in [0.25, 0.3) is 5.89 Å². The van der Waals surface area contributed by atoms with Crippen LogP contribution in [0.1, 0.15) is 29.8 Å². The topological polar surface area (TPSA) is 46.3 Å². The minimum absolute atomic E-state index is 0.0811. The van der Waals surface area contributed by atoms with Crippen LogP contribution in [0.3, 0.4) is 0 Å². The average molecular weight is 194 g/mol. The molecule has 0 aromatic carbocycles. The van der Waals surface area contributed by atoms with Crippen molar-refractivity contribution in [1.82, 2.24) is 9.88 Å². The fraction of sp³-hybridized carbons (Fsp3) is 0.600. The number of carbonyl (C=O) groups excluding carboxylic acids is 1. The largest absolute Gasteiger partial charge is 0.438 e. The molecule has 1 aromatic heterocycles. The average Bonchev–Trinajstić information content (AvgIpc) is 2.73. The summed E-state index contributed by atoms with van der Waals surface area (Å²) in [5.74, 6) is 1.41. The molecule has 1 atom stereocenters. The molecular formula is C10H14N2O2. The summed E-state index contributed by atoms with van der Waals surface area (Å²) in [4.78, 5) is 17.5. The van der Waals surface area contributed by atoms with Crippen LogP contribution in [0.15, 0.2) is 10.6 Å². The quantitative estimate of drug-likeness (QED) is 0.680. The normalized spacial score (nSPS) is 21.6. The summed E-state index contributed by atoms with van der Waals surface area (Å²) in [6, 6.07) is 0. The molecule has 1 saturated heterocycles. The summed E-state index contributed by atoms with van der Waals surface area (Å²) in [5.41, 5.74) is 0. The van der Waals surface area contributed by atoms with Gasteiger partial charge in [0, 0.05) is 13.1 Å². The molecule has 0 N–H and O–H groups in total. The van der Waals surface area contributed by atoms with E-state index < -0.39 is 0 Å². The fourth-order valence-electron chi connectivity index (χ4n) is 1.71. The zero-order valence-corrected chi connectivity index (χ0v) is 8.49. The Bertz CT molecular complexity index is 346. The van der Waals surface area contributed by atoms with Crippen molar-refractivity contribution in [1.29, 1.82) is 0 Å². The van der Waals surface area contributed by atoms with E-state index in [-0.39, 0.29) is 11.8 Å². The smallest absolute Gasteiger partial charge is 0.309 e. The summed E-state index contributed by atoms with van der Waals surface area (Å²) in [5, 5.41) is 0. The van der Waals surface area contributed by atoms with E-state index in [0.717, 1.165) is 19.5 Å². The third kappa shape index (κ3) is 1.64. The van der Waals surface area contributed by atoms with Gasteiger partial charge in [0.15, 0.2) is 0 Å². The van der Waals surface area contributed by atoms with E-state index in [1.807, 2.05) is 0 Å². The second-order valence-corrected chi connectivity index (χ2v) is 3.92. The van der Waals surface area contributed by atoms with Crippen molar-refractivity contribution in [2.45, 2.75) is 20.3 Å². The lowest BCUT2D eigenvalue weighted by Gasteiger charge is -2.12. The lowest BCUT2D eigenvalue weighted by molar-refractivity contribution is 0.0747. The molecule has 4 nitrogen and oxygen atoms in total. The van der Waals surface area contributed by atoms with Crippen LogP contribution in [0.4, 0.5) is 0 Å². The fourth-order valence-corrected chi connectivity index (χ4v) is 1.71. The van der Waals surface area contributed by atoms with E-state index in [0.29, 0.717) is 11.7 Å². The second-order valence-electron chi connectivity index (χ2n) is 3.92. The zero-order chi connectivity index (χ0) is 10.1. The Hall–Kier alpha value is -1.32. The van der Waals surface area contributed by atoms with Crippen LogP contribution in [0.5, 0.6) is 0 Å². The first-order valence-corrected chi connectivity index (χ1v) is 4.88. The molecule has 0 radical (unpaired) electrons. The predicted molar refractivity (Wildman–Crippen MR) is 50.9 cm³/mol. The number of hydrogen-bond donors (Lipinski definition) is 0. The van der Waals surface area contributed by atoms with Crippen LogP contribution in [0.2, 0.25) is 0 Å². The van der Waals surface area contributed by atoms with E-state index in [2.05, 4.69) is 11.9 Å². The highest BCUT2D eigenvalue weighted by Gasteiger charge is 2.26.